The SMILES string of the molecule is COc1cc(-c2nc3c(c(=O)[nH]2)CCC3)cc2c1OCO2. The summed E-state index contributed by atoms with van der Waals surface area (Å²) in [6.45, 7) is 0.170. The van der Waals surface area contributed by atoms with Crippen LogP contribution in [0.15, 0.2) is 16.9 Å². The van der Waals surface area contributed by atoms with Crippen molar-refractivity contribution in [3.8, 4) is 28.6 Å². The molecule has 0 spiro atoms. The Hall–Kier alpha value is -2.50. The molecule has 0 saturated carbocycles. The lowest BCUT2D eigenvalue weighted by molar-refractivity contribution is 0.171. The minimum absolute atomic E-state index is 0.0517. The highest BCUT2D eigenvalue weighted by atomic mass is 16.7. The maximum Gasteiger partial charge on any atom is 0.254 e. The van der Waals surface area contributed by atoms with Crippen LogP contribution >= 0.6 is 0 Å². The van der Waals surface area contributed by atoms with E-state index in [-0.39, 0.29) is 12.4 Å². The lowest BCUT2D eigenvalue weighted by Gasteiger charge is -2.09. The van der Waals surface area contributed by atoms with Gasteiger partial charge in [0.25, 0.3) is 5.56 Å². The first-order valence-electron chi connectivity index (χ1n) is 6.86. The fourth-order valence-electron chi connectivity index (χ4n) is 2.84. The van der Waals surface area contributed by atoms with Gasteiger partial charge >= 0.3 is 0 Å². The number of ether oxygens (including phenoxy) is 3. The Morgan fingerprint density at radius 3 is 3.05 bits per heavy atom. The van der Waals surface area contributed by atoms with E-state index in [1.54, 1.807) is 13.2 Å². The number of rotatable bonds is 2. The van der Waals surface area contributed by atoms with Gasteiger partial charge in [-0.2, -0.15) is 0 Å². The molecular weight excluding hydrogens is 272 g/mol. The Morgan fingerprint density at radius 2 is 2.19 bits per heavy atom. The number of hydrogen-bond donors (Lipinski definition) is 1. The Morgan fingerprint density at radius 1 is 1.29 bits per heavy atom. The summed E-state index contributed by atoms with van der Waals surface area (Å²) >= 11 is 0. The molecule has 0 radical (unpaired) electrons. The highest BCUT2D eigenvalue weighted by Gasteiger charge is 2.23. The van der Waals surface area contributed by atoms with Gasteiger partial charge in [0.15, 0.2) is 11.5 Å². The third kappa shape index (κ3) is 1.86. The number of aromatic amines is 1. The molecule has 2 aliphatic rings. The van der Waals surface area contributed by atoms with Crippen LogP contribution in [0.4, 0.5) is 0 Å². The predicted octanol–water partition coefficient (Wildman–Crippen LogP) is 1.66. The molecule has 1 aliphatic carbocycles. The second kappa shape index (κ2) is 4.51. The van der Waals surface area contributed by atoms with E-state index in [4.69, 9.17) is 14.2 Å². The molecule has 0 saturated heterocycles. The Labute approximate surface area is 120 Å². The topological polar surface area (TPSA) is 73.4 Å². The van der Waals surface area contributed by atoms with Crippen LogP contribution in [0.5, 0.6) is 17.2 Å². The summed E-state index contributed by atoms with van der Waals surface area (Å²) in [7, 11) is 1.57. The number of hydrogen-bond acceptors (Lipinski definition) is 5. The van der Waals surface area contributed by atoms with Gasteiger partial charge in [0.1, 0.15) is 5.82 Å². The summed E-state index contributed by atoms with van der Waals surface area (Å²) in [5, 5.41) is 0. The van der Waals surface area contributed by atoms with E-state index < -0.39 is 0 Å². The monoisotopic (exact) mass is 286 g/mol. The van der Waals surface area contributed by atoms with E-state index in [1.165, 1.54) is 0 Å². The Kier molecular flexibility index (Phi) is 2.63. The summed E-state index contributed by atoms with van der Waals surface area (Å²) in [4.78, 5) is 19.5. The average Bonchev–Trinajstić information content (AvgIpc) is 3.14. The molecule has 4 rings (SSSR count). The summed E-state index contributed by atoms with van der Waals surface area (Å²) < 4.78 is 16.1. The van der Waals surface area contributed by atoms with Crippen LogP contribution in [0.1, 0.15) is 17.7 Å². The minimum Gasteiger partial charge on any atom is -0.493 e. The molecule has 1 N–H and O–H groups in total. The van der Waals surface area contributed by atoms with Crippen molar-refractivity contribution < 1.29 is 14.2 Å². The zero-order valence-electron chi connectivity index (χ0n) is 11.6. The van der Waals surface area contributed by atoms with Crippen molar-refractivity contribution in [2.24, 2.45) is 0 Å². The number of benzene rings is 1. The number of nitrogens with one attached hydrogen (secondary N) is 1. The fourth-order valence-corrected chi connectivity index (χ4v) is 2.84. The van der Waals surface area contributed by atoms with Gasteiger partial charge in [-0.15, -0.1) is 0 Å². The Balaban J connectivity index is 1.88. The molecule has 1 aromatic heterocycles. The van der Waals surface area contributed by atoms with Crippen molar-refractivity contribution in [1.29, 1.82) is 0 Å². The van der Waals surface area contributed by atoms with E-state index in [9.17, 15) is 4.79 Å². The molecule has 2 aromatic rings. The van der Waals surface area contributed by atoms with Gasteiger partial charge in [0, 0.05) is 11.1 Å². The van der Waals surface area contributed by atoms with Crippen LogP contribution < -0.4 is 19.8 Å². The first-order chi connectivity index (χ1) is 10.3. The lowest BCUT2D eigenvalue weighted by Crippen LogP contribution is -2.15. The fraction of sp³-hybridized carbons (Fsp3) is 0.333. The van der Waals surface area contributed by atoms with E-state index in [2.05, 4.69) is 9.97 Å². The number of H-pyrrole nitrogens is 1. The van der Waals surface area contributed by atoms with Crippen molar-refractivity contribution in [2.45, 2.75) is 19.3 Å². The van der Waals surface area contributed by atoms with Crippen LogP contribution in [0.25, 0.3) is 11.4 Å². The van der Waals surface area contributed by atoms with Crippen LogP contribution in [0.3, 0.4) is 0 Å². The minimum atomic E-state index is -0.0517. The van der Waals surface area contributed by atoms with Gasteiger partial charge in [-0.1, -0.05) is 0 Å². The van der Waals surface area contributed by atoms with Gasteiger partial charge in [-0.3, -0.25) is 4.79 Å². The number of aryl methyl sites for hydroxylation is 1. The van der Waals surface area contributed by atoms with Gasteiger partial charge in [-0.25, -0.2) is 4.98 Å². The normalized spacial score (nSPS) is 15.1. The highest BCUT2D eigenvalue weighted by Crippen LogP contribution is 2.43. The van der Waals surface area contributed by atoms with E-state index in [0.29, 0.717) is 23.1 Å². The van der Waals surface area contributed by atoms with Crippen LogP contribution in [0, 0.1) is 0 Å². The molecule has 6 nitrogen and oxygen atoms in total. The van der Waals surface area contributed by atoms with Crippen LogP contribution in [-0.4, -0.2) is 23.9 Å². The van der Waals surface area contributed by atoms with Crippen molar-refractivity contribution in [3.05, 3.63) is 33.7 Å². The molecule has 0 bridgehead atoms. The summed E-state index contributed by atoms with van der Waals surface area (Å²) in [6, 6.07) is 3.61. The molecule has 21 heavy (non-hydrogen) atoms. The predicted molar refractivity (Wildman–Crippen MR) is 75.0 cm³/mol. The number of aromatic nitrogens is 2. The highest BCUT2D eigenvalue weighted by molar-refractivity contribution is 5.67. The lowest BCUT2D eigenvalue weighted by atomic mass is 10.1. The first-order valence-corrected chi connectivity index (χ1v) is 6.86. The quantitative estimate of drug-likeness (QED) is 0.909. The molecule has 1 aromatic carbocycles. The van der Waals surface area contributed by atoms with Crippen LogP contribution in [0.2, 0.25) is 0 Å². The van der Waals surface area contributed by atoms with Crippen molar-refractivity contribution in [2.75, 3.05) is 13.9 Å². The van der Waals surface area contributed by atoms with Gasteiger partial charge in [0.2, 0.25) is 12.5 Å². The number of fused-ring (bicyclic) bond motifs is 2. The standard InChI is InChI=1S/C15H14N2O4/c1-19-11-5-8(6-12-13(11)21-7-20-12)14-16-10-4-2-3-9(10)15(18)17-14/h5-6H,2-4,7H2,1H3,(H,16,17,18). The third-order valence-corrected chi connectivity index (χ3v) is 3.87. The maximum atomic E-state index is 12.1. The number of methoxy groups -OCH3 is 1. The second-order valence-corrected chi connectivity index (χ2v) is 5.11. The summed E-state index contributed by atoms with van der Waals surface area (Å²) in [5.74, 6) is 2.30. The largest absolute Gasteiger partial charge is 0.493 e. The zero-order valence-corrected chi connectivity index (χ0v) is 11.6. The Bertz CT molecular complexity index is 782. The molecule has 2 heterocycles. The smallest absolute Gasteiger partial charge is 0.254 e. The van der Waals surface area contributed by atoms with Gasteiger partial charge < -0.3 is 19.2 Å². The van der Waals surface area contributed by atoms with Gasteiger partial charge in [0.05, 0.1) is 12.8 Å². The molecule has 0 amide bonds. The summed E-state index contributed by atoms with van der Waals surface area (Å²) in [5.41, 5.74) is 2.41. The molecule has 1 aliphatic heterocycles. The first kappa shape index (κ1) is 12.3. The van der Waals surface area contributed by atoms with Crippen molar-refractivity contribution in [1.82, 2.24) is 9.97 Å². The third-order valence-electron chi connectivity index (χ3n) is 3.87. The zero-order chi connectivity index (χ0) is 14.4. The van der Waals surface area contributed by atoms with Crippen LogP contribution in [-0.2, 0) is 12.8 Å². The summed E-state index contributed by atoms with van der Waals surface area (Å²) in [6.07, 6.45) is 2.65. The molecular formula is C15H14N2O4. The van der Waals surface area contributed by atoms with E-state index >= 15 is 0 Å². The second-order valence-electron chi connectivity index (χ2n) is 5.11. The molecule has 6 heteroatoms. The van der Waals surface area contributed by atoms with E-state index in [0.717, 1.165) is 36.1 Å². The molecule has 0 atom stereocenters. The molecule has 0 unspecified atom stereocenters. The van der Waals surface area contributed by atoms with Crippen molar-refractivity contribution in [3.63, 3.8) is 0 Å². The molecule has 108 valence electrons. The molecule has 0 fully saturated rings. The van der Waals surface area contributed by atoms with E-state index in [1.807, 2.05) is 6.07 Å². The van der Waals surface area contributed by atoms with Crippen molar-refractivity contribution >= 4 is 0 Å². The number of nitrogens with zero attached hydrogens (tertiary/aromatic N) is 1. The maximum absolute atomic E-state index is 12.1. The van der Waals surface area contributed by atoms with Gasteiger partial charge in [-0.05, 0) is 31.4 Å². The average molecular weight is 286 g/mol.